The van der Waals surface area contributed by atoms with E-state index in [0.717, 1.165) is 31.7 Å². The minimum absolute atomic E-state index is 0.327. The van der Waals surface area contributed by atoms with Crippen molar-refractivity contribution in [1.29, 1.82) is 0 Å². The molecule has 4 heteroatoms. The number of ether oxygens (including phenoxy) is 1. The van der Waals surface area contributed by atoms with E-state index in [9.17, 15) is 5.11 Å². The summed E-state index contributed by atoms with van der Waals surface area (Å²) in [5.41, 5.74) is 1.25. The van der Waals surface area contributed by atoms with E-state index in [1.165, 1.54) is 5.56 Å². The van der Waals surface area contributed by atoms with Crippen molar-refractivity contribution in [3.63, 3.8) is 0 Å². The summed E-state index contributed by atoms with van der Waals surface area (Å²) >= 11 is 0. The Labute approximate surface area is 122 Å². The monoisotopic (exact) mass is 280 g/mol. The molecule has 0 spiro atoms. The zero-order valence-corrected chi connectivity index (χ0v) is 12.9. The summed E-state index contributed by atoms with van der Waals surface area (Å²) in [6.45, 7) is 4.99. The average molecular weight is 280 g/mol. The molecule has 0 fully saturated rings. The Hall–Kier alpha value is -1.10. The van der Waals surface area contributed by atoms with Gasteiger partial charge in [-0.15, -0.1) is 0 Å². The van der Waals surface area contributed by atoms with Crippen LogP contribution in [0.25, 0.3) is 0 Å². The van der Waals surface area contributed by atoms with Crippen molar-refractivity contribution in [2.24, 2.45) is 0 Å². The predicted octanol–water partition coefficient (Wildman–Crippen LogP) is 1.53. The van der Waals surface area contributed by atoms with E-state index in [2.05, 4.69) is 37.3 Å². The van der Waals surface area contributed by atoms with Crippen LogP contribution in [0.3, 0.4) is 0 Å². The average Bonchev–Trinajstić information content (AvgIpc) is 2.44. The minimum atomic E-state index is -0.473. The van der Waals surface area contributed by atoms with E-state index in [-0.39, 0.29) is 0 Å². The van der Waals surface area contributed by atoms with Crippen LogP contribution in [0, 0.1) is 0 Å². The first kappa shape index (κ1) is 17.0. The summed E-state index contributed by atoms with van der Waals surface area (Å²) in [4.78, 5) is 2.15. The van der Waals surface area contributed by atoms with E-state index < -0.39 is 6.10 Å². The lowest BCUT2D eigenvalue weighted by Gasteiger charge is -2.14. The zero-order chi connectivity index (χ0) is 14.8. The van der Waals surface area contributed by atoms with Gasteiger partial charge in [-0.2, -0.15) is 0 Å². The van der Waals surface area contributed by atoms with Gasteiger partial charge in [-0.05, 0) is 57.7 Å². The molecular weight excluding hydrogens is 252 g/mol. The summed E-state index contributed by atoms with van der Waals surface area (Å²) in [6, 6.07) is 8.02. The fourth-order valence-corrected chi connectivity index (χ4v) is 1.90. The number of aliphatic hydroxyl groups excluding tert-OH is 1. The van der Waals surface area contributed by atoms with Gasteiger partial charge in [0.15, 0.2) is 0 Å². The van der Waals surface area contributed by atoms with Crippen LogP contribution in [-0.4, -0.2) is 56.4 Å². The second-order valence-electron chi connectivity index (χ2n) is 5.33. The van der Waals surface area contributed by atoms with Gasteiger partial charge in [-0.1, -0.05) is 19.1 Å². The second-order valence-corrected chi connectivity index (χ2v) is 5.33. The van der Waals surface area contributed by atoms with Gasteiger partial charge in [0.1, 0.15) is 18.5 Å². The first-order chi connectivity index (χ1) is 9.61. The number of rotatable bonds is 10. The van der Waals surface area contributed by atoms with Gasteiger partial charge in [0, 0.05) is 6.54 Å². The van der Waals surface area contributed by atoms with E-state index >= 15 is 0 Å². The number of aryl methyl sites for hydroxylation is 1. The molecule has 1 aromatic rings. The lowest BCUT2D eigenvalue weighted by Crippen LogP contribution is -2.32. The van der Waals surface area contributed by atoms with Crippen LogP contribution in [-0.2, 0) is 6.42 Å². The van der Waals surface area contributed by atoms with E-state index in [1.807, 2.05) is 18.2 Å². The van der Waals surface area contributed by atoms with Crippen molar-refractivity contribution < 1.29 is 9.84 Å². The highest BCUT2D eigenvalue weighted by Crippen LogP contribution is 2.13. The normalized spacial score (nSPS) is 12.7. The summed E-state index contributed by atoms with van der Waals surface area (Å²) in [7, 11) is 4.13. The van der Waals surface area contributed by atoms with Crippen molar-refractivity contribution >= 4 is 0 Å². The van der Waals surface area contributed by atoms with E-state index in [0.29, 0.717) is 13.2 Å². The third kappa shape index (κ3) is 7.48. The van der Waals surface area contributed by atoms with Crippen molar-refractivity contribution in [2.45, 2.75) is 25.9 Å². The summed E-state index contributed by atoms with van der Waals surface area (Å²) in [5, 5.41) is 13.1. The number of hydrogen-bond acceptors (Lipinski definition) is 4. The topological polar surface area (TPSA) is 44.7 Å². The predicted molar refractivity (Wildman–Crippen MR) is 83.4 cm³/mol. The van der Waals surface area contributed by atoms with Gasteiger partial charge < -0.3 is 20.1 Å². The Balaban J connectivity index is 2.14. The SMILES string of the molecule is CCc1cccc(OCC(O)CNCCCN(C)C)c1. The number of nitrogens with zero attached hydrogens (tertiary/aromatic N) is 1. The molecule has 20 heavy (non-hydrogen) atoms. The lowest BCUT2D eigenvalue weighted by atomic mass is 10.2. The molecule has 0 aliphatic heterocycles. The molecular formula is C16H28N2O2. The van der Waals surface area contributed by atoms with Crippen molar-refractivity contribution in [2.75, 3.05) is 40.3 Å². The molecule has 1 atom stereocenters. The molecule has 114 valence electrons. The van der Waals surface area contributed by atoms with Crippen LogP contribution in [0.4, 0.5) is 0 Å². The molecule has 1 rings (SSSR count). The molecule has 0 radical (unpaired) electrons. The molecule has 0 aliphatic carbocycles. The van der Waals surface area contributed by atoms with Crippen molar-refractivity contribution in [1.82, 2.24) is 10.2 Å². The fraction of sp³-hybridized carbons (Fsp3) is 0.625. The Morgan fingerprint density at radius 1 is 1.35 bits per heavy atom. The third-order valence-corrected chi connectivity index (χ3v) is 3.09. The number of aliphatic hydroxyl groups is 1. The van der Waals surface area contributed by atoms with Crippen LogP contribution in [0.5, 0.6) is 5.75 Å². The molecule has 0 saturated heterocycles. The van der Waals surface area contributed by atoms with Crippen LogP contribution < -0.4 is 10.1 Å². The maximum atomic E-state index is 9.85. The molecule has 0 saturated carbocycles. The molecule has 4 nitrogen and oxygen atoms in total. The minimum Gasteiger partial charge on any atom is -0.491 e. The highest BCUT2D eigenvalue weighted by atomic mass is 16.5. The summed E-state index contributed by atoms with van der Waals surface area (Å²) in [6.07, 6.45) is 1.60. The fourth-order valence-electron chi connectivity index (χ4n) is 1.90. The zero-order valence-electron chi connectivity index (χ0n) is 12.9. The first-order valence-electron chi connectivity index (χ1n) is 7.37. The summed E-state index contributed by atoms with van der Waals surface area (Å²) in [5.74, 6) is 0.830. The Morgan fingerprint density at radius 2 is 2.15 bits per heavy atom. The lowest BCUT2D eigenvalue weighted by molar-refractivity contribution is 0.106. The van der Waals surface area contributed by atoms with Crippen molar-refractivity contribution in [3.05, 3.63) is 29.8 Å². The van der Waals surface area contributed by atoms with Gasteiger partial charge in [0.05, 0.1) is 0 Å². The van der Waals surface area contributed by atoms with E-state index in [4.69, 9.17) is 4.74 Å². The molecule has 1 unspecified atom stereocenters. The van der Waals surface area contributed by atoms with Gasteiger partial charge in [0.25, 0.3) is 0 Å². The van der Waals surface area contributed by atoms with Crippen LogP contribution >= 0.6 is 0 Å². The van der Waals surface area contributed by atoms with Gasteiger partial charge in [-0.25, -0.2) is 0 Å². The molecule has 0 amide bonds. The number of benzene rings is 1. The maximum absolute atomic E-state index is 9.85. The Bertz CT molecular complexity index is 369. The third-order valence-electron chi connectivity index (χ3n) is 3.09. The standard InChI is InChI=1S/C16H28N2O2/c1-4-14-7-5-8-16(11-14)20-13-15(19)12-17-9-6-10-18(2)3/h5,7-8,11,15,17,19H,4,6,9-10,12-13H2,1-3H3. The smallest absolute Gasteiger partial charge is 0.119 e. The highest BCUT2D eigenvalue weighted by molar-refractivity contribution is 5.28. The maximum Gasteiger partial charge on any atom is 0.119 e. The number of nitrogens with one attached hydrogen (secondary N) is 1. The number of hydrogen-bond donors (Lipinski definition) is 2. The molecule has 2 N–H and O–H groups in total. The highest BCUT2D eigenvalue weighted by Gasteiger charge is 2.05. The molecule has 1 aromatic carbocycles. The van der Waals surface area contributed by atoms with Gasteiger partial charge >= 0.3 is 0 Å². The van der Waals surface area contributed by atoms with Gasteiger partial charge in [-0.3, -0.25) is 0 Å². The van der Waals surface area contributed by atoms with Crippen LogP contribution in [0.15, 0.2) is 24.3 Å². The van der Waals surface area contributed by atoms with Crippen molar-refractivity contribution in [3.8, 4) is 5.75 Å². The summed E-state index contributed by atoms with van der Waals surface area (Å²) < 4.78 is 5.61. The first-order valence-corrected chi connectivity index (χ1v) is 7.37. The molecule has 0 aromatic heterocycles. The Morgan fingerprint density at radius 3 is 2.85 bits per heavy atom. The molecule has 0 heterocycles. The molecule has 0 bridgehead atoms. The van der Waals surface area contributed by atoms with Crippen LogP contribution in [0.2, 0.25) is 0 Å². The van der Waals surface area contributed by atoms with Crippen LogP contribution in [0.1, 0.15) is 18.9 Å². The Kier molecular flexibility index (Phi) is 8.26. The largest absolute Gasteiger partial charge is 0.491 e. The van der Waals surface area contributed by atoms with E-state index in [1.54, 1.807) is 0 Å². The quantitative estimate of drug-likeness (QED) is 0.638. The second kappa shape index (κ2) is 9.75. The van der Waals surface area contributed by atoms with Gasteiger partial charge in [0.2, 0.25) is 0 Å². The molecule has 0 aliphatic rings.